The molecule has 8 nitrogen and oxygen atoms in total. The van der Waals surface area contributed by atoms with Crippen LogP contribution in [0.5, 0.6) is 11.5 Å². The van der Waals surface area contributed by atoms with Crippen LogP contribution in [-0.2, 0) is 16.9 Å². The number of ether oxygens (including phenoxy) is 2. The molecule has 0 saturated carbocycles. The summed E-state index contributed by atoms with van der Waals surface area (Å²) in [4.78, 5) is 27.5. The molecular weight excluding hydrogens is 606 g/mol. The number of hydrogen-bond acceptors (Lipinski definition) is 6. The number of nitrogens with one attached hydrogen (secondary N) is 1. The van der Waals surface area contributed by atoms with Gasteiger partial charge in [0.15, 0.2) is 17.0 Å². The maximum atomic E-state index is 13.4. The topological polar surface area (TPSA) is 93.9 Å². The van der Waals surface area contributed by atoms with Crippen molar-refractivity contribution < 1.29 is 19.2 Å². The van der Waals surface area contributed by atoms with E-state index in [1.54, 1.807) is 36.2 Å². The third-order valence-electron chi connectivity index (χ3n) is 7.10. The van der Waals surface area contributed by atoms with Gasteiger partial charge in [-0.25, -0.2) is 0 Å². The van der Waals surface area contributed by atoms with Gasteiger partial charge in [-0.15, -0.1) is 0 Å². The number of fused-ring (bicyclic) bond motifs is 2. The van der Waals surface area contributed by atoms with Crippen LogP contribution in [0, 0.1) is 10.1 Å². The number of halogens is 2. The highest BCUT2D eigenvalue weighted by atomic mass is 79.9. The molecule has 2 aliphatic heterocycles. The van der Waals surface area contributed by atoms with Gasteiger partial charge in [-0.2, -0.15) is 0 Å². The normalized spacial score (nSPS) is 22.6. The average molecular weight is 631 g/mol. The van der Waals surface area contributed by atoms with Gasteiger partial charge in [-0.3, -0.25) is 19.8 Å². The summed E-state index contributed by atoms with van der Waals surface area (Å²) < 4.78 is 13.7. The monoisotopic (exact) mass is 629 g/mol. The molecule has 2 heterocycles. The van der Waals surface area contributed by atoms with E-state index in [0.717, 1.165) is 10.0 Å². The first-order valence-corrected chi connectivity index (χ1v) is 13.4. The van der Waals surface area contributed by atoms with E-state index < -0.39 is 17.5 Å². The zero-order chi connectivity index (χ0) is 26.3. The molecule has 1 N–H and O–H groups in total. The minimum Gasteiger partial charge on any atom is -0.490 e. The van der Waals surface area contributed by atoms with Crippen molar-refractivity contribution in [3.8, 4) is 11.5 Å². The smallest absolute Gasteiger partial charge is 0.256 e. The number of likely N-dealkylation sites (N-methyl/N-ethyl adjacent to an activating group) is 1. The van der Waals surface area contributed by atoms with Gasteiger partial charge in [0.25, 0.3) is 11.9 Å². The molecule has 3 aromatic carbocycles. The molecule has 1 saturated heterocycles. The molecule has 10 heteroatoms. The molecule has 37 heavy (non-hydrogen) atoms. The van der Waals surface area contributed by atoms with E-state index in [1.165, 1.54) is 0 Å². The first-order chi connectivity index (χ1) is 17.8. The summed E-state index contributed by atoms with van der Waals surface area (Å²) in [5.74, 6) is 0.0778. The van der Waals surface area contributed by atoms with Crippen molar-refractivity contribution in [2.45, 2.75) is 31.0 Å². The molecule has 2 aliphatic rings. The van der Waals surface area contributed by atoms with Gasteiger partial charge in [0.1, 0.15) is 6.61 Å². The fourth-order valence-electron chi connectivity index (χ4n) is 5.52. The predicted octanol–water partition coefficient (Wildman–Crippen LogP) is 5.71. The van der Waals surface area contributed by atoms with Gasteiger partial charge in [0.2, 0.25) is 0 Å². The minimum atomic E-state index is -1.40. The Labute approximate surface area is 231 Å². The quantitative estimate of drug-likeness (QED) is 0.265. The van der Waals surface area contributed by atoms with Gasteiger partial charge in [-0.05, 0) is 71.4 Å². The van der Waals surface area contributed by atoms with Crippen molar-refractivity contribution in [2.75, 3.05) is 25.5 Å². The number of likely N-dealkylation sites (tertiary alicyclic amines) is 1. The highest BCUT2D eigenvalue weighted by Gasteiger charge is 2.68. The zero-order valence-corrected chi connectivity index (χ0v) is 23.4. The van der Waals surface area contributed by atoms with Crippen molar-refractivity contribution in [1.29, 1.82) is 0 Å². The number of carbonyl (C=O) groups is 1. The van der Waals surface area contributed by atoms with Crippen LogP contribution in [0.3, 0.4) is 0 Å². The van der Waals surface area contributed by atoms with E-state index in [0.29, 0.717) is 52.5 Å². The lowest BCUT2D eigenvalue weighted by Crippen LogP contribution is -2.54. The number of hydrogen-bond donors (Lipinski definition) is 1. The Bertz CT molecular complexity index is 1370. The van der Waals surface area contributed by atoms with Crippen LogP contribution >= 0.6 is 31.9 Å². The molecule has 1 fully saturated rings. The lowest BCUT2D eigenvalue weighted by atomic mass is 9.79. The van der Waals surface area contributed by atoms with Crippen LogP contribution in [0.4, 0.5) is 5.69 Å². The summed E-state index contributed by atoms with van der Waals surface area (Å²) in [6.07, 6.45) is 0. The van der Waals surface area contributed by atoms with Crippen LogP contribution < -0.4 is 14.8 Å². The zero-order valence-electron chi connectivity index (χ0n) is 20.2. The first-order valence-electron chi connectivity index (χ1n) is 11.9. The highest BCUT2D eigenvalue weighted by Crippen LogP contribution is 2.53. The molecule has 0 bridgehead atoms. The number of nitrogens with zero attached hydrogens (tertiary/aromatic N) is 2. The third kappa shape index (κ3) is 4.30. The van der Waals surface area contributed by atoms with E-state index in [4.69, 9.17) is 9.47 Å². The van der Waals surface area contributed by atoms with E-state index >= 15 is 0 Å². The van der Waals surface area contributed by atoms with E-state index in [-0.39, 0.29) is 10.8 Å². The first kappa shape index (κ1) is 25.7. The van der Waals surface area contributed by atoms with E-state index in [2.05, 4.69) is 37.2 Å². The number of carbonyl (C=O) groups excluding carboxylic acids is 1. The van der Waals surface area contributed by atoms with Gasteiger partial charge >= 0.3 is 0 Å². The fourth-order valence-corrected chi connectivity index (χ4v) is 6.36. The van der Waals surface area contributed by atoms with Gasteiger partial charge < -0.3 is 14.8 Å². The summed E-state index contributed by atoms with van der Waals surface area (Å²) in [6.45, 7) is 2.92. The number of nitro groups is 1. The van der Waals surface area contributed by atoms with Crippen molar-refractivity contribution in [2.24, 2.45) is 0 Å². The lowest BCUT2D eigenvalue weighted by molar-refractivity contribution is -0.534. The van der Waals surface area contributed by atoms with Crippen LogP contribution in [0.2, 0.25) is 0 Å². The summed E-state index contributed by atoms with van der Waals surface area (Å²) in [5.41, 5.74) is 1.53. The predicted molar refractivity (Wildman–Crippen MR) is 147 cm³/mol. The van der Waals surface area contributed by atoms with E-state index in [1.807, 2.05) is 43.3 Å². The maximum Gasteiger partial charge on any atom is 0.256 e. The molecular formula is C27H25Br2N3O5. The van der Waals surface area contributed by atoms with Crippen molar-refractivity contribution in [1.82, 2.24) is 4.90 Å². The molecule has 0 radical (unpaired) electrons. The molecule has 1 amide bonds. The summed E-state index contributed by atoms with van der Waals surface area (Å²) in [7, 11) is 1.77. The SMILES string of the molecule is CCOc1cc([C@@H]2CN(C)[C@@]3(C(=O)Nc4ccccc43)[C@@H]2[N+](=O)[O-])cc(Br)c1OCc1ccc(Br)cc1. The minimum absolute atomic E-state index is 0.317. The Kier molecular flexibility index (Phi) is 6.99. The van der Waals surface area contributed by atoms with Crippen molar-refractivity contribution >= 4 is 43.5 Å². The molecule has 0 aliphatic carbocycles. The number of rotatable bonds is 7. The average Bonchev–Trinajstić information content (AvgIpc) is 3.34. The van der Waals surface area contributed by atoms with Gasteiger partial charge in [-0.1, -0.05) is 46.3 Å². The second kappa shape index (κ2) is 10.1. The molecule has 5 rings (SSSR count). The number of benzene rings is 3. The van der Waals surface area contributed by atoms with Crippen LogP contribution in [0.15, 0.2) is 69.6 Å². The molecule has 0 aromatic heterocycles. The summed E-state index contributed by atoms with van der Waals surface area (Å²) in [5, 5.41) is 15.5. The number of amides is 1. The summed E-state index contributed by atoms with van der Waals surface area (Å²) in [6, 6.07) is 17.5. The van der Waals surface area contributed by atoms with Crippen molar-refractivity contribution in [3.63, 3.8) is 0 Å². The fraction of sp³-hybridized carbons (Fsp3) is 0.296. The second-order valence-electron chi connectivity index (χ2n) is 9.16. The van der Waals surface area contributed by atoms with E-state index in [9.17, 15) is 14.9 Å². The number of anilines is 1. The molecule has 0 unspecified atom stereocenters. The van der Waals surface area contributed by atoms with Crippen LogP contribution in [0.1, 0.15) is 29.5 Å². The number of para-hydroxylation sites is 1. The van der Waals surface area contributed by atoms with Gasteiger partial charge in [0.05, 0.1) is 17.0 Å². The maximum absolute atomic E-state index is 13.4. The van der Waals surface area contributed by atoms with Crippen LogP contribution in [0.25, 0.3) is 0 Å². The molecule has 3 atom stereocenters. The standard InChI is InChI=1S/C27H25Br2N3O5/c1-3-36-23-13-17(12-21(29)24(23)37-15-16-8-10-18(28)11-9-16)19-14-31(2)27(25(19)32(34)35)20-6-4-5-7-22(20)30-26(27)33/h4-13,19,25H,3,14-15H2,1-2H3,(H,30,33)/t19-,25+,27+/m0/s1. The Morgan fingerprint density at radius 2 is 1.86 bits per heavy atom. The van der Waals surface area contributed by atoms with Crippen molar-refractivity contribution in [3.05, 3.63) is 96.4 Å². The Morgan fingerprint density at radius 3 is 2.57 bits per heavy atom. The second-order valence-corrected chi connectivity index (χ2v) is 10.9. The molecule has 192 valence electrons. The lowest BCUT2D eigenvalue weighted by Gasteiger charge is -2.30. The summed E-state index contributed by atoms with van der Waals surface area (Å²) >= 11 is 7.04. The van der Waals surface area contributed by atoms with Gasteiger partial charge in [0, 0.05) is 27.2 Å². The third-order valence-corrected chi connectivity index (χ3v) is 8.21. The Balaban J connectivity index is 1.53. The van der Waals surface area contributed by atoms with Crippen LogP contribution in [-0.4, -0.2) is 42.0 Å². The Morgan fingerprint density at radius 1 is 1.14 bits per heavy atom. The molecule has 1 spiro atoms. The molecule has 3 aromatic rings. The largest absolute Gasteiger partial charge is 0.490 e. The highest BCUT2D eigenvalue weighted by molar-refractivity contribution is 9.10. The Hall–Kier alpha value is -2.95.